The Labute approximate surface area is 171 Å². The summed E-state index contributed by atoms with van der Waals surface area (Å²) in [6, 6.07) is 8.04. The van der Waals surface area contributed by atoms with E-state index in [1.54, 1.807) is 13.3 Å². The van der Waals surface area contributed by atoms with Crippen molar-refractivity contribution < 1.29 is 14.2 Å². The third-order valence-corrected chi connectivity index (χ3v) is 4.99. The smallest absolute Gasteiger partial charge is 0.144 e. The van der Waals surface area contributed by atoms with Crippen molar-refractivity contribution in [2.75, 3.05) is 7.11 Å². The van der Waals surface area contributed by atoms with E-state index in [2.05, 4.69) is 4.98 Å². The topological polar surface area (TPSA) is 45.6 Å². The Kier molecular flexibility index (Phi) is 6.17. The minimum Gasteiger partial charge on any atom is -0.507 e. The SMILES string of the molecule is CC/C(C)=C(\c1c(O)cccc1F)N1C=CC=C/C1=C(/C)c1ncccc1OC. The monoisotopic (exact) mass is 392 g/mol. The summed E-state index contributed by atoms with van der Waals surface area (Å²) in [6.07, 6.45) is 10.0. The second-order valence-electron chi connectivity index (χ2n) is 6.75. The van der Waals surface area contributed by atoms with Gasteiger partial charge in [-0.3, -0.25) is 4.98 Å². The van der Waals surface area contributed by atoms with Gasteiger partial charge in [0, 0.05) is 18.0 Å². The first-order valence-corrected chi connectivity index (χ1v) is 9.51. The maximum Gasteiger partial charge on any atom is 0.144 e. The van der Waals surface area contributed by atoms with Crippen LogP contribution in [0.4, 0.5) is 4.39 Å². The quantitative estimate of drug-likeness (QED) is 0.689. The van der Waals surface area contributed by atoms with Gasteiger partial charge < -0.3 is 14.7 Å². The highest BCUT2D eigenvalue weighted by Crippen LogP contribution is 2.39. The van der Waals surface area contributed by atoms with Crippen molar-refractivity contribution in [2.45, 2.75) is 27.2 Å². The number of phenolic OH excluding ortho intramolecular Hbond substituents is 1. The summed E-state index contributed by atoms with van der Waals surface area (Å²) in [5.74, 6) is 0.0956. The third-order valence-electron chi connectivity index (χ3n) is 4.99. The number of hydrogen-bond acceptors (Lipinski definition) is 4. The van der Waals surface area contributed by atoms with Gasteiger partial charge in [-0.1, -0.05) is 19.1 Å². The number of ether oxygens (including phenoxy) is 1. The first-order chi connectivity index (χ1) is 14.0. The van der Waals surface area contributed by atoms with Crippen molar-refractivity contribution in [1.82, 2.24) is 9.88 Å². The number of allylic oxidation sites excluding steroid dienone is 5. The number of halogens is 1. The Morgan fingerprint density at radius 1 is 1.17 bits per heavy atom. The van der Waals surface area contributed by atoms with Crippen LogP contribution in [0.5, 0.6) is 11.5 Å². The lowest BCUT2D eigenvalue weighted by molar-refractivity contribution is 0.411. The Hall–Kier alpha value is -3.34. The second-order valence-corrected chi connectivity index (χ2v) is 6.75. The first kappa shape index (κ1) is 20.4. The number of nitrogens with zero attached hydrogens (tertiary/aromatic N) is 2. The minimum absolute atomic E-state index is 0.0943. The number of aromatic nitrogens is 1. The fourth-order valence-electron chi connectivity index (χ4n) is 3.36. The Bertz CT molecular complexity index is 1010. The molecule has 1 N–H and O–H groups in total. The molecule has 29 heavy (non-hydrogen) atoms. The van der Waals surface area contributed by atoms with Crippen LogP contribution in [0.3, 0.4) is 0 Å². The highest BCUT2D eigenvalue weighted by atomic mass is 19.1. The van der Waals surface area contributed by atoms with Crippen molar-refractivity contribution in [1.29, 1.82) is 0 Å². The molecule has 0 atom stereocenters. The van der Waals surface area contributed by atoms with Crippen molar-refractivity contribution in [3.05, 3.63) is 89.3 Å². The van der Waals surface area contributed by atoms with Crippen LogP contribution in [-0.4, -0.2) is 22.1 Å². The standard InChI is InChI=1S/C24H25FN2O2/c1-5-16(2)24(22-18(25)10-8-12-20(22)28)27-15-7-6-11-19(27)17(3)23-21(29-4)13-9-14-26-23/h6-15,28H,5H2,1-4H3/b19-17+,24-16+. The molecule has 0 saturated heterocycles. The van der Waals surface area contributed by atoms with Gasteiger partial charge in [0.25, 0.3) is 0 Å². The van der Waals surface area contributed by atoms with Gasteiger partial charge in [0.15, 0.2) is 0 Å². The molecule has 5 heteroatoms. The average Bonchev–Trinajstić information content (AvgIpc) is 2.75. The molecule has 2 aromatic rings. The van der Waals surface area contributed by atoms with Crippen LogP contribution < -0.4 is 4.74 Å². The molecule has 1 aliphatic heterocycles. The fraction of sp³-hybridized carbons (Fsp3) is 0.208. The maximum absolute atomic E-state index is 14.8. The molecule has 0 aliphatic carbocycles. The minimum atomic E-state index is -0.469. The molecule has 1 aromatic heterocycles. The Morgan fingerprint density at radius 3 is 2.66 bits per heavy atom. The molecule has 0 unspecified atom stereocenters. The predicted octanol–water partition coefficient (Wildman–Crippen LogP) is 5.89. The fourth-order valence-corrected chi connectivity index (χ4v) is 3.36. The number of aromatic hydroxyl groups is 1. The lowest BCUT2D eigenvalue weighted by Gasteiger charge is -2.31. The van der Waals surface area contributed by atoms with Crippen LogP contribution in [-0.2, 0) is 0 Å². The van der Waals surface area contributed by atoms with Gasteiger partial charge in [-0.15, -0.1) is 0 Å². The number of pyridine rings is 1. The van der Waals surface area contributed by atoms with Gasteiger partial charge in [-0.25, -0.2) is 4.39 Å². The normalized spacial score (nSPS) is 16.0. The Balaban J connectivity index is 2.25. The van der Waals surface area contributed by atoms with E-state index in [1.165, 1.54) is 18.2 Å². The number of rotatable bonds is 5. The van der Waals surface area contributed by atoms with Crippen molar-refractivity contribution in [3.8, 4) is 11.5 Å². The van der Waals surface area contributed by atoms with E-state index in [-0.39, 0.29) is 11.3 Å². The van der Waals surface area contributed by atoms with Crippen molar-refractivity contribution >= 4 is 11.3 Å². The Morgan fingerprint density at radius 2 is 1.97 bits per heavy atom. The summed E-state index contributed by atoms with van der Waals surface area (Å²) in [5, 5.41) is 10.5. The molecule has 0 amide bonds. The predicted molar refractivity (Wildman–Crippen MR) is 114 cm³/mol. The molecule has 150 valence electrons. The highest BCUT2D eigenvalue weighted by Gasteiger charge is 2.24. The number of hydrogen-bond donors (Lipinski definition) is 1. The zero-order valence-electron chi connectivity index (χ0n) is 17.1. The summed E-state index contributed by atoms with van der Waals surface area (Å²) >= 11 is 0. The molecule has 1 aliphatic rings. The van der Waals surface area contributed by atoms with Gasteiger partial charge in [0.2, 0.25) is 0 Å². The van der Waals surface area contributed by atoms with E-state index >= 15 is 0 Å². The summed E-state index contributed by atoms with van der Waals surface area (Å²) in [4.78, 5) is 6.39. The third kappa shape index (κ3) is 3.94. The van der Waals surface area contributed by atoms with Gasteiger partial charge in [-0.2, -0.15) is 0 Å². The zero-order valence-corrected chi connectivity index (χ0v) is 17.1. The molecular formula is C24H25FN2O2. The van der Waals surface area contributed by atoms with Crippen LogP contribution in [0, 0.1) is 5.82 Å². The molecule has 1 aromatic carbocycles. The molecule has 2 heterocycles. The van der Waals surface area contributed by atoms with E-state index in [0.29, 0.717) is 23.6 Å². The summed E-state index contributed by atoms with van der Waals surface area (Å²) < 4.78 is 20.3. The van der Waals surface area contributed by atoms with E-state index in [0.717, 1.165) is 16.8 Å². The maximum atomic E-state index is 14.8. The van der Waals surface area contributed by atoms with Crippen LogP contribution in [0.1, 0.15) is 38.4 Å². The molecule has 0 bridgehead atoms. The zero-order chi connectivity index (χ0) is 21.0. The second kappa shape index (κ2) is 8.78. The van der Waals surface area contributed by atoms with Gasteiger partial charge in [0.05, 0.1) is 24.1 Å². The number of benzene rings is 1. The van der Waals surface area contributed by atoms with E-state index < -0.39 is 5.82 Å². The van der Waals surface area contributed by atoms with Crippen LogP contribution >= 0.6 is 0 Å². The van der Waals surface area contributed by atoms with Crippen molar-refractivity contribution in [2.24, 2.45) is 0 Å². The summed E-state index contributed by atoms with van der Waals surface area (Å²) in [5.41, 5.74) is 4.16. The van der Waals surface area contributed by atoms with E-state index in [4.69, 9.17) is 4.74 Å². The first-order valence-electron chi connectivity index (χ1n) is 9.51. The molecular weight excluding hydrogens is 367 g/mol. The van der Waals surface area contributed by atoms with Crippen molar-refractivity contribution in [3.63, 3.8) is 0 Å². The number of methoxy groups -OCH3 is 1. The lowest BCUT2D eigenvalue weighted by Crippen LogP contribution is -2.19. The molecule has 0 radical (unpaired) electrons. The highest BCUT2D eigenvalue weighted by molar-refractivity contribution is 5.79. The van der Waals surface area contributed by atoms with Crippen LogP contribution in [0.15, 0.2) is 72.2 Å². The molecule has 0 fully saturated rings. The largest absolute Gasteiger partial charge is 0.507 e. The van der Waals surface area contributed by atoms with Crippen LogP contribution in [0.2, 0.25) is 0 Å². The van der Waals surface area contributed by atoms with Gasteiger partial charge in [-0.05, 0) is 62.3 Å². The summed E-state index contributed by atoms with van der Waals surface area (Å²) in [7, 11) is 1.61. The molecule has 0 spiro atoms. The summed E-state index contributed by atoms with van der Waals surface area (Å²) in [6.45, 7) is 5.91. The lowest BCUT2D eigenvalue weighted by atomic mass is 9.99. The van der Waals surface area contributed by atoms with E-state index in [1.807, 2.05) is 62.2 Å². The average molecular weight is 392 g/mol. The van der Waals surface area contributed by atoms with Gasteiger partial charge in [0.1, 0.15) is 23.0 Å². The molecule has 3 rings (SSSR count). The van der Waals surface area contributed by atoms with Gasteiger partial charge >= 0.3 is 0 Å². The molecule has 4 nitrogen and oxygen atoms in total. The van der Waals surface area contributed by atoms with Crippen LogP contribution in [0.25, 0.3) is 11.3 Å². The van der Waals surface area contributed by atoms with E-state index in [9.17, 15) is 9.50 Å². The number of phenols is 1. The molecule has 0 saturated carbocycles.